The largest absolute Gasteiger partial charge is 0.477 e. The van der Waals surface area contributed by atoms with Gasteiger partial charge in [0.25, 0.3) is 5.91 Å². The van der Waals surface area contributed by atoms with Crippen molar-refractivity contribution in [3.63, 3.8) is 0 Å². The molecule has 1 aromatic carbocycles. The zero-order chi connectivity index (χ0) is 22.1. The molecule has 0 spiro atoms. The first-order valence-corrected chi connectivity index (χ1v) is 12.4. The number of halogens is 1. The van der Waals surface area contributed by atoms with Crippen LogP contribution in [0, 0.1) is 6.92 Å². The van der Waals surface area contributed by atoms with Crippen LogP contribution in [0.4, 0.5) is 0 Å². The second-order valence-electron chi connectivity index (χ2n) is 6.85. The van der Waals surface area contributed by atoms with Gasteiger partial charge in [0.2, 0.25) is 5.91 Å². The Balaban J connectivity index is 1.44. The van der Waals surface area contributed by atoms with E-state index in [1.54, 1.807) is 0 Å². The Morgan fingerprint density at radius 3 is 2.61 bits per heavy atom. The van der Waals surface area contributed by atoms with Crippen molar-refractivity contribution < 1.29 is 19.5 Å². The van der Waals surface area contributed by atoms with Crippen molar-refractivity contribution in [2.24, 2.45) is 0 Å². The fourth-order valence-corrected chi connectivity index (χ4v) is 6.88. The number of fused-ring (bicyclic) bond motifs is 1. The number of thioether (sulfide) groups is 2. The number of β-lactam (4-membered cyclic amide) rings is 1. The number of benzene rings is 1. The van der Waals surface area contributed by atoms with Gasteiger partial charge in [-0.1, -0.05) is 47.4 Å². The molecular weight excluding hydrogens is 480 g/mol. The lowest BCUT2D eigenvalue weighted by Crippen LogP contribution is -2.70. The first kappa shape index (κ1) is 22.1. The number of carbonyl (C=O) groups is 3. The number of alkyl halides is 1. The smallest absolute Gasteiger partial charge is 0.353 e. The molecule has 0 aliphatic carbocycles. The number of carbonyl (C=O) groups excluding carboxylic acids is 2. The lowest BCUT2D eigenvalue weighted by molar-refractivity contribution is -0.150. The van der Waals surface area contributed by atoms with Gasteiger partial charge < -0.3 is 10.4 Å². The molecule has 1 saturated heterocycles. The van der Waals surface area contributed by atoms with Gasteiger partial charge >= 0.3 is 5.97 Å². The van der Waals surface area contributed by atoms with E-state index in [0.29, 0.717) is 20.9 Å². The third kappa shape index (κ3) is 4.59. The number of nitrogens with zero attached hydrogens (tertiary/aromatic N) is 3. The molecule has 2 N–H and O–H groups in total. The van der Waals surface area contributed by atoms with Crippen LogP contribution in [-0.4, -0.2) is 55.2 Å². The molecule has 2 amide bonds. The summed E-state index contributed by atoms with van der Waals surface area (Å²) in [6.45, 7) is 1.82. The number of aliphatic carboxylic acids is 1. The van der Waals surface area contributed by atoms with Crippen LogP contribution >= 0.6 is 46.5 Å². The molecule has 2 unspecified atom stereocenters. The van der Waals surface area contributed by atoms with Gasteiger partial charge in [-0.05, 0) is 18.1 Å². The van der Waals surface area contributed by atoms with E-state index in [4.69, 9.17) is 11.6 Å². The van der Waals surface area contributed by atoms with E-state index in [1.807, 2.05) is 31.2 Å². The molecule has 1 aromatic heterocycles. The predicted molar refractivity (Wildman–Crippen MR) is 120 cm³/mol. The molecule has 8 nitrogen and oxygen atoms in total. The molecular formula is C19H17ClN4O4S3. The topological polar surface area (TPSA) is 112 Å². The van der Waals surface area contributed by atoms with Crippen LogP contribution in [0.25, 0.3) is 0 Å². The second kappa shape index (κ2) is 9.19. The average molecular weight is 497 g/mol. The number of carboxylic acids is 1. The van der Waals surface area contributed by atoms with Crippen LogP contribution in [-0.2, 0) is 26.7 Å². The zero-order valence-electron chi connectivity index (χ0n) is 16.2. The first-order valence-electron chi connectivity index (χ1n) is 9.19. The molecule has 1 fully saturated rings. The number of aryl methyl sites for hydroxylation is 1. The Kier molecular flexibility index (Phi) is 6.56. The molecule has 31 heavy (non-hydrogen) atoms. The monoisotopic (exact) mass is 496 g/mol. The van der Waals surface area contributed by atoms with E-state index < -0.39 is 23.3 Å². The summed E-state index contributed by atoms with van der Waals surface area (Å²) < 4.78 is 0.628. The van der Waals surface area contributed by atoms with Crippen molar-refractivity contribution in [2.75, 3.05) is 5.75 Å². The third-order valence-electron chi connectivity index (χ3n) is 4.71. The van der Waals surface area contributed by atoms with Gasteiger partial charge in [-0.3, -0.25) is 14.5 Å². The number of aromatic nitrogens is 2. The summed E-state index contributed by atoms with van der Waals surface area (Å²) in [5.74, 6) is -1.08. The number of nitrogens with one attached hydrogen (secondary N) is 1. The van der Waals surface area contributed by atoms with E-state index in [2.05, 4.69) is 15.5 Å². The van der Waals surface area contributed by atoms with Crippen molar-refractivity contribution in [1.29, 1.82) is 0 Å². The summed E-state index contributed by atoms with van der Waals surface area (Å²) in [5, 5.41) is 20.8. The van der Waals surface area contributed by atoms with E-state index >= 15 is 0 Å². The Labute approximate surface area is 195 Å². The molecule has 2 aliphatic heterocycles. The molecule has 162 valence electrons. The van der Waals surface area contributed by atoms with Gasteiger partial charge in [0, 0.05) is 16.5 Å². The molecule has 2 aromatic rings. The molecule has 12 heteroatoms. The Bertz CT molecular complexity index is 1070. The highest BCUT2D eigenvalue weighted by Crippen LogP contribution is 2.45. The lowest BCUT2D eigenvalue weighted by atomic mass is 10.0. The summed E-state index contributed by atoms with van der Waals surface area (Å²) in [4.78, 5) is 38.9. The summed E-state index contributed by atoms with van der Waals surface area (Å²) >= 11 is 9.78. The van der Waals surface area contributed by atoms with Crippen molar-refractivity contribution in [3.8, 4) is 0 Å². The highest BCUT2D eigenvalue weighted by Gasteiger charge is 2.54. The molecule has 3 heterocycles. The lowest BCUT2D eigenvalue weighted by Gasteiger charge is -2.49. The molecule has 0 bridgehead atoms. The normalized spacial score (nSPS) is 20.3. The molecule has 2 aliphatic rings. The van der Waals surface area contributed by atoms with Gasteiger partial charge in [-0.15, -0.1) is 33.6 Å². The fourth-order valence-electron chi connectivity index (χ4n) is 3.25. The highest BCUT2D eigenvalue weighted by molar-refractivity contribution is 8.07. The Hall–Kier alpha value is -2.08. The Morgan fingerprint density at radius 2 is 2.00 bits per heavy atom. The first-order chi connectivity index (χ1) is 14.9. The van der Waals surface area contributed by atoms with Gasteiger partial charge in [0.15, 0.2) is 4.34 Å². The summed E-state index contributed by atoms with van der Waals surface area (Å²) in [5.41, 5.74) is 1.72. The minimum absolute atomic E-state index is 0.0474. The van der Waals surface area contributed by atoms with E-state index in [1.165, 1.54) is 39.8 Å². The summed E-state index contributed by atoms with van der Waals surface area (Å²) in [6, 6.07) is 6.61. The van der Waals surface area contributed by atoms with Gasteiger partial charge in [0.05, 0.1) is 6.42 Å². The quantitative estimate of drug-likeness (QED) is 0.444. The summed E-state index contributed by atoms with van der Waals surface area (Å²) in [7, 11) is 0. The van der Waals surface area contributed by atoms with Crippen LogP contribution in [0.3, 0.4) is 0 Å². The molecule has 2 atom stereocenters. The van der Waals surface area contributed by atoms with Gasteiger partial charge in [-0.2, -0.15) is 0 Å². The molecule has 0 radical (unpaired) electrons. The maximum atomic E-state index is 12.7. The predicted octanol–water partition coefficient (Wildman–Crippen LogP) is 2.62. The highest BCUT2D eigenvalue weighted by atomic mass is 35.5. The number of hydrogen-bond acceptors (Lipinski definition) is 8. The average Bonchev–Trinajstić information content (AvgIpc) is 3.16. The summed E-state index contributed by atoms with van der Waals surface area (Å²) in [6.07, 6.45) is 0.128. The number of rotatable bonds is 7. The minimum Gasteiger partial charge on any atom is -0.477 e. The van der Waals surface area contributed by atoms with Crippen LogP contribution in [0.2, 0.25) is 0 Å². The van der Waals surface area contributed by atoms with Crippen LogP contribution in [0.1, 0.15) is 16.1 Å². The van der Waals surface area contributed by atoms with Crippen molar-refractivity contribution in [3.05, 3.63) is 51.0 Å². The second-order valence-corrected chi connectivity index (χ2v) is 10.7. The van der Waals surface area contributed by atoms with E-state index in [9.17, 15) is 19.5 Å². The van der Waals surface area contributed by atoms with Crippen molar-refractivity contribution >= 4 is 64.2 Å². The third-order valence-corrected chi connectivity index (χ3v) is 8.46. The van der Waals surface area contributed by atoms with Gasteiger partial charge in [0.1, 0.15) is 22.1 Å². The van der Waals surface area contributed by atoms with Crippen molar-refractivity contribution in [2.45, 2.75) is 35.0 Å². The van der Waals surface area contributed by atoms with Crippen LogP contribution < -0.4 is 5.32 Å². The fraction of sp³-hybridized carbons (Fsp3) is 0.316. The molecule has 4 rings (SSSR count). The number of hydrogen-bond donors (Lipinski definition) is 2. The zero-order valence-corrected chi connectivity index (χ0v) is 19.4. The standard InChI is InChI=1S/C19H17ClN4O4S3/c1-9-22-23-19(30-9)31-12-8-29-17-14(16(26)24(17)15(12)18(27)28)21-13(25)6-10-2-4-11(7-20)5-3-10/h2-5,14,17H,6-8H2,1H3,(H,21,25)(H,27,28). The SMILES string of the molecule is Cc1nnc(SC2=C(C(=O)O)N3C(=O)C(NC(=O)Cc4ccc(CCl)cc4)C3SC2)s1. The number of amides is 2. The Morgan fingerprint density at radius 1 is 1.29 bits per heavy atom. The minimum atomic E-state index is -1.17. The van der Waals surface area contributed by atoms with Crippen LogP contribution in [0.5, 0.6) is 0 Å². The molecule has 0 saturated carbocycles. The van der Waals surface area contributed by atoms with Crippen molar-refractivity contribution in [1.82, 2.24) is 20.4 Å². The van der Waals surface area contributed by atoms with Crippen LogP contribution in [0.15, 0.2) is 39.2 Å². The maximum absolute atomic E-state index is 12.7. The van der Waals surface area contributed by atoms with Gasteiger partial charge in [-0.25, -0.2) is 4.79 Å². The van der Waals surface area contributed by atoms with E-state index in [-0.39, 0.29) is 18.0 Å². The number of carboxylic acid groups (broad SMARTS) is 1. The van der Waals surface area contributed by atoms with E-state index in [0.717, 1.165) is 16.1 Å². The maximum Gasteiger partial charge on any atom is 0.353 e.